The third-order valence-corrected chi connectivity index (χ3v) is 3.78. The molecule has 0 amide bonds. The van der Waals surface area contributed by atoms with Gasteiger partial charge in [-0.3, -0.25) is 10.1 Å². The molecule has 1 N–H and O–H groups in total. The summed E-state index contributed by atoms with van der Waals surface area (Å²) in [6.45, 7) is 0. The molecule has 9 heteroatoms. The molecule has 0 radical (unpaired) electrons. The first-order valence-electron chi connectivity index (χ1n) is 4.53. The van der Waals surface area contributed by atoms with Gasteiger partial charge in [0.2, 0.25) is 0 Å². The molecule has 2 rings (SSSR count). The Morgan fingerprint density at radius 2 is 2.28 bits per heavy atom. The molecule has 2 heterocycles. The van der Waals surface area contributed by atoms with Crippen LogP contribution in [0.1, 0.15) is 10.4 Å². The molecule has 7 nitrogen and oxygen atoms in total. The van der Waals surface area contributed by atoms with Crippen molar-refractivity contribution in [1.29, 1.82) is 0 Å². The molecule has 2 aromatic rings. The van der Waals surface area contributed by atoms with Crippen molar-refractivity contribution in [2.75, 3.05) is 0 Å². The van der Waals surface area contributed by atoms with Crippen molar-refractivity contribution in [2.45, 2.75) is 9.37 Å². The normalized spacial score (nSPS) is 10.2. The van der Waals surface area contributed by atoms with Crippen LogP contribution in [0, 0.1) is 10.1 Å². The Morgan fingerprint density at radius 3 is 2.89 bits per heavy atom. The van der Waals surface area contributed by atoms with E-state index in [1.165, 1.54) is 18.3 Å². The molecule has 0 atom stereocenters. The minimum absolute atomic E-state index is 0.0631. The molecule has 0 fully saturated rings. The number of hydrogen-bond donors (Lipinski definition) is 1. The molecule has 0 aromatic carbocycles. The van der Waals surface area contributed by atoms with Crippen LogP contribution in [0.2, 0.25) is 0 Å². The van der Waals surface area contributed by atoms with Crippen LogP contribution in [0.5, 0.6) is 0 Å². The summed E-state index contributed by atoms with van der Waals surface area (Å²) in [7, 11) is 0. The van der Waals surface area contributed by atoms with Gasteiger partial charge in [-0.25, -0.2) is 14.8 Å². The molecule has 0 aliphatic heterocycles. The fourth-order valence-corrected chi connectivity index (χ4v) is 2.80. The first kappa shape index (κ1) is 12.5. The van der Waals surface area contributed by atoms with Gasteiger partial charge in [-0.15, -0.1) is 0 Å². The number of aromatic nitrogens is 2. The fourth-order valence-electron chi connectivity index (χ4n) is 1.07. The van der Waals surface area contributed by atoms with Crippen molar-refractivity contribution in [2.24, 2.45) is 0 Å². The highest BCUT2D eigenvalue weighted by Gasteiger charge is 2.13. The number of nitro groups is 1. The van der Waals surface area contributed by atoms with Gasteiger partial charge in [0.15, 0.2) is 4.34 Å². The van der Waals surface area contributed by atoms with Crippen LogP contribution in [0.3, 0.4) is 0 Å². The summed E-state index contributed by atoms with van der Waals surface area (Å²) in [5, 5.41) is 19.7. The summed E-state index contributed by atoms with van der Waals surface area (Å²) in [5.41, 5.74) is 0.110. The second-order valence-electron chi connectivity index (χ2n) is 3.01. The molecule has 0 unspecified atom stereocenters. The van der Waals surface area contributed by atoms with E-state index >= 15 is 0 Å². The van der Waals surface area contributed by atoms with Crippen LogP contribution in [-0.4, -0.2) is 26.0 Å². The molecule has 0 spiro atoms. The Bertz CT molecular complexity index is 613. The van der Waals surface area contributed by atoms with E-state index in [9.17, 15) is 14.9 Å². The summed E-state index contributed by atoms with van der Waals surface area (Å²) in [6.07, 6.45) is 2.53. The van der Waals surface area contributed by atoms with Gasteiger partial charge in [0.1, 0.15) is 11.2 Å². The zero-order valence-electron chi connectivity index (χ0n) is 8.64. The summed E-state index contributed by atoms with van der Waals surface area (Å²) >= 11 is 2.00. The van der Waals surface area contributed by atoms with Gasteiger partial charge in [-0.1, -0.05) is 0 Å². The lowest BCUT2D eigenvalue weighted by atomic mass is 10.3. The standard InChI is InChI=1S/C9H5N3O4S2/c13-8(14)5-1-2-10-6(3-5)17-9-11-4-7(18-9)12(15)16/h1-4H,(H,13,14). The predicted molar refractivity (Wildman–Crippen MR) is 64.1 cm³/mol. The third kappa shape index (κ3) is 2.81. The molecule has 18 heavy (non-hydrogen) atoms. The highest BCUT2D eigenvalue weighted by atomic mass is 32.2. The van der Waals surface area contributed by atoms with Gasteiger partial charge in [-0.05, 0) is 35.2 Å². The van der Waals surface area contributed by atoms with E-state index in [4.69, 9.17) is 5.11 Å². The van der Waals surface area contributed by atoms with Crippen molar-refractivity contribution in [3.8, 4) is 0 Å². The zero-order chi connectivity index (χ0) is 13.1. The van der Waals surface area contributed by atoms with Crippen LogP contribution >= 0.6 is 23.1 Å². The van der Waals surface area contributed by atoms with Crippen molar-refractivity contribution in [3.05, 3.63) is 40.2 Å². The molecule has 2 aromatic heterocycles. The number of thiazole rings is 1. The van der Waals surface area contributed by atoms with E-state index in [2.05, 4.69) is 9.97 Å². The van der Waals surface area contributed by atoms with Gasteiger partial charge in [0.05, 0.1) is 10.5 Å². The minimum Gasteiger partial charge on any atom is -0.478 e. The number of rotatable bonds is 4. The number of carboxylic acid groups (broad SMARTS) is 1. The Morgan fingerprint density at radius 1 is 1.50 bits per heavy atom. The predicted octanol–water partition coefficient (Wildman–Crippen LogP) is 2.30. The average Bonchev–Trinajstić information content (AvgIpc) is 2.78. The van der Waals surface area contributed by atoms with Crippen molar-refractivity contribution in [3.63, 3.8) is 0 Å². The van der Waals surface area contributed by atoms with E-state index in [0.29, 0.717) is 9.37 Å². The summed E-state index contributed by atoms with van der Waals surface area (Å²) < 4.78 is 0.441. The van der Waals surface area contributed by atoms with E-state index in [-0.39, 0.29) is 10.6 Å². The zero-order valence-corrected chi connectivity index (χ0v) is 10.3. The molecule has 92 valence electrons. The van der Waals surface area contributed by atoms with E-state index in [1.807, 2.05) is 0 Å². The average molecular weight is 283 g/mol. The largest absolute Gasteiger partial charge is 0.478 e. The van der Waals surface area contributed by atoms with Gasteiger partial charge < -0.3 is 5.11 Å². The SMILES string of the molecule is O=C(O)c1ccnc(Sc2ncc([N+](=O)[O-])s2)c1. The van der Waals surface area contributed by atoms with Crippen LogP contribution in [0.25, 0.3) is 0 Å². The van der Waals surface area contributed by atoms with Crippen molar-refractivity contribution < 1.29 is 14.8 Å². The molecule has 0 bridgehead atoms. The number of nitrogens with zero attached hydrogens (tertiary/aromatic N) is 3. The molecular weight excluding hydrogens is 278 g/mol. The van der Waals surface area contributed by atoms with Crippen LogP contribution in [0.4, 0.5) is 5.00 Å². The number of pyridine rings is 1. The smallest absolute Gasteiger partial charge is 0.344 e. The lowest BCUT2D eigenvalue weighted by Crippen LogP contribution is -1.96. The second-order valence-corrected chi connectivity index (χ2v) is 5.29. The summed E-state index contributed by atoms with van der Waals surface area (Å²) in [4.78, 5) is 28.5. The van der Waals surface area contributed by atoms with Crippen LogP contribution in [-0.2, 0) is 0 Å². The molecule has 0 saturated carbocycles. The van der Waals surface area contributed by atoms with Crippen LogP contribution in [0.15, 0.2) is 33.9 Å². The first-order chi connectivity index (χ1) is 8.56. The summed E-state index contributed by atoms with van der Waals surface area (Å²) in [5.74, 6) is -1.05. The molecule has 0 aliphatic carbocycles. The first-order valence-corrected chi connectivity index (χ1v) is 6.17. The Balaban J connectivity index is 2.20. The highest BCUT2D eigenvalue weighted by molar-refractivity contribution is 8.01. The fraction of sp³-hybridized carbons (Fsp3) is 0. The van der Waals surface area contributed by atoms with E-state index < -0.39 is 10.9 Å². The lowest BCUT2D eigenvalue weighted by Gasteiger charge is -1.97. The lowest BCUT2D eigenvalue weighted by molar-refractivity contribution is -0.380. The number of carboxylic acids is 1. The number of aromatic carboxylic acids is 1. The monoisotopic (exact) mass is 283 g/mol. The molecule has 0 saturated heterocycles. The quantitative estimate of drug-likeness (QED) is 0.677. The summed E-state index contributed by atoms with van der Waals surface area (Å²) in [6, 6.07) is 2.76. The van der Waals surface area contributed by atoms with E-state index in [0.717, 1.165) is 29.3 Å². The molecule has 0 aliphatic rings. The van der Waals surface area contributed by atoms with Gasteiger partial charge in [-0.2, -0.15) is 0 Å². The molecular formula is C9H5N3O4S2. The van der Waals surface area contributed by atoms with Crippen molar-refractivity contribution in [1.82, 2.24) is 9.97 Å². The highest BCUT2D eigenvalue weighted by Crippen LogP contribution is 2.33. The number of carbonyl (C=O) groups is 1. The maximum Gasteiger partial charge on any atom is 0.344 e. The maximum absolute atomic E-state index is 10.8. The third-order valence-electron chi connectivity index (χ3n) is 1.83. The second kappa shape index (κ2) is 5.10. The topological polar surface area (TPSA) is 106 Å². The Hall–Kier alpha value is -2.00. The van der Waals surface area contributed by atoms with E-state index in [1.54, 1.807) is 0 Å². The number of hydrogen-bond acceptors (Lipinski definition) is 7. The minimum atomic E-state index is -1.05. The van der Waals surface area contributed by atoms with Gasteiger partial charge in [0, 0.05) is 6.20 Å². The maximum atomic E-state index is 10.8. The Kier molecular flexibility index (Phi) is 3.53. The van der Waals surface area contributed by atoms with Gasteiger partial charge >= 0.3 is 11.0 Å². The van der Waals surface area contributed by atoms with Gasteiger partial charge in [0.25, 0.3) is 0 Å². The van der Waals surface area contributed by atoms with Crippen molar-refractivity contribution >= 4 is 34.1 Å². The van der Waals surface area contributed by atoms with Crippen LogP contribution < -0.4 is 0 Å². The Labute approximate surface area is 109 Å².